The van der Waals surface area contributed by atoms with Gasteiger partial charge in [0.2, 0.25) is 0 Å². The van der Waals surface area contributed by atoms with Gasteiger partial charge in [-0.1, -0.05) is 43.6 Å². The molecule has 12 heavy (non-hydrogen) atoms. The predicted molar refractivity (Wildman–Crippen MR) is 54.9 cm³/mol. The van der Waals surface area contributed by atoms with Crippen LogP contribution in [0.2, 0.25) is 0 Å². The van der Waals surface area contributed by atoms with Gasteiger partial charge in [0.25, 0.3) is 0 Å². The lowest BCUT2D eigenvalue weighted by Gasteiger charge is -1.99. The average Bonchev–Trinajstić information content (AvgIpc) is 2.05. The lowest BCUT2D eigenvalue weighted by molar-refractivity contribution is 0.621. The van der Waals surface area contributed by atoms with Gasteiger partial charge in [-0.05, 0) is 25.7 Å². The summed E-state index contributed by atoms with van der Waals surface area (Å²) in [6.45, 7) is 0. The monoisotopic (exact) mass is 163 g/mol. The molecule has 0 unspecified atom stereocenters. The minimum Gasteiger partial charge on any atom is -0.0879 e. The van der Waals surface area contributed by atoms with E-state index >= 15 is 0 Å². The summed E-state index contributed by atoms with van der Waals surface area (Å²) in [5.41, 5.74) is 0. The molecule has 0 spiro atoms. The summed E-state index contributed by atoms with van der Waals surface area (Å²) in [4.78, 5) is 0. The first-order valence-corrected chi connectivity index (χ1v) is 5.15. The van der Waals surface area contributed by atoms with Crippen molar-refractivity contribution in [2.45, 2.75) is 44.9 Å². The molecule has 0 N–H and O–H groups in total. The summed E-state index contributed by atoms with van der Waals surface area (Å²) in [5.74, 6) is 0. The van der Waals surface area contributed by atoms with Crippen LogP contribution >= 0.6 is 0 Å². The highest BCUT2D eigenvalue weighted by Crippen LogP contribution is 2.09. The number of allylic oxidation sites excluding steroid dienone is 4. The van der Waals surface area contributed by atoms with E-state index in [1.165, 1.54) is 44.9 Å². The normalized spacial score (nSPS) is 21.3. The molecular weight excluding hydrogens is 144 g/mol. The summed E-state index contributed by atoms with van der Waals surface area (Å²) in [6, 6.07) is 0. The fourth-order valence-electron chi connectivity index (χ4n) is 1.47. The minimum absolute atomic E-state index is 1.25. The number of hydrogen-bond donors (Lipinski definition) is 0. The first kappa shape index (κ1) is 9.57. The van der Waals surface area contributed by atoms with Gasteiger partial charge in [0.1, 0.15) is 0 Å². The molecule has 1 rings (SSSR count). The third-order valence-corrected chi connectivity index (χ3v) is 2.24. The van der Waals surface area contributed by atoms with Crippen molar-refractivity contribution in [3.8, 4) is 0 Å². The standard InChI is InChI=1S/C12H19/c1-2-4-6-8-10-12-11-9-7-5-3-1/h1-5H,6-12H2. The van der Waals surface area contributed by atoms with E-state index in [1.54, 1.807) is 0 Å². The van der Waals surface area contributed by atoms with Gasteiger partial charge in [-0.25, -0.2) is 0 Å². The van der Waals surface area contributed by atoms with Crippen molar-refractivity contribution in [3.63, 3.8) is 0 Å². The van der Waals surface area contributed by atoms with E-state index in [4.69, 9.17) is 0 Å². The molecule has 0 heteroatoms. The molecule has 67 valence electrons. The van der Waals surface area contributed by atoms with Crippen molar-refractivity contribution < 1.29 is 0 Å². The molecule has 1 radical (unpaired) electrons. The lowest BCUT2D eigenvalue weighted by atomic mass is 10.1. The summed E-state index contributed by atoms with van der Waals surface area (Å²) in [6.07, 6.45) is 20.5. The quantitative estimate of drug-likeness (QED) is 0.505. The summed E-state index contributed by atoms with van der Waals surface area (Å²) in [5, 5.41) is 0. The summed E-state index contributed by atoms with van der Waals surface area (Å²) < 4.78 is 0. The molecule has 0 saturated carbocycles. The van der Waals surface area contributed by atoms with Crippen LogP contribution < -0.4 is 0 Å². The Morgan fingerprint density at radius 3 is 1.67 bits per heavy atom. The van der Waals surface area contributed by atoms with Crippen molar-refractivity contribution in [3.05, 3.63) is 30.7 Å². The third kappa shape index (κ3) is 5.17. The first-order valence-electron chi connectivity index (χ1n) is 5.15. The molecule has 0 amide bonds. The Morgan fingerprint density at radius 1 is 0.583 bits per heavy atom. The van der Waals surface area contributed by atoms with Gasteiger partial charge in [0, 0.05) is 6.42 Å². The van der Waals surface area contributed by atoms with E-state index in [9.17, 15) is 0 Å². The lowest BCUT2D eigenvalue weighted by Crippen LogP contribution is -1.79. The second-order valence-electron chi connectivity index (χ2n) is 3.39. The molecule has 0 aromatic rings. The van der Waals surface area contributed by atoms with E-state index in [-0.39, 0.29) is 0 Å². The second-order valence-corrected chi connectivity index (χ2v) is 3.39. The van der Waals surface area contributed by atoms with Crippen LogP contribution in [0.4, 0.5) is 0 Å². The van der Waals surface area contributed by atoms with Crippen LogP contribution in [0.5, 0.6) is 0 Å². The van der Waals surface area contributed by atoms with Crippen LogP contribution in [0.1, 0.15) is 44.9 Å². The molecule has 0 nitrogen and oxygen atoms in total. The fourth-order valence-corrected chi connectivity index (χ4v) is 1.47. The maximum Gasteiger partial charge on any atom is 0.00441 e. The van der Waals surface area contributed by atoms with E-state index < -0.39 is 0 Å². The molecule has 1 aliphatic rings. The minimum atomic E-state index is 1.25. The zero-order chi connectivity index (χ0) is 8.49. The van der Waals surface area contributed by atoms with E-state index in [0.717, 1.165) is 0 Å². The summed E-state index contributed by atoms with van der Waals surface area (Å²) >= 11 is 0. The van der Waals surface area contributed by atoms with Crippen LogP contribution in [0.3, 0.4) is 0 Å². The van der Waals surface area contributed by atoms with Crippen LogP contribution in [-0.4, -0.2) is 0 Å². The highest BCUT2D eigenvalue weighted by atomic mass is 14.0. The topological polar surface area (TPSA) is 0 Å². The maximum atomic E-state index is 2.27. The SMILES string of the molecule is [CH]1C=CCCCCCCCC=C1. The Morgan fingerprint density at radius 2 is 1.08 bits per heavy atom. The van der Waals surface area contributed by atoms with Crippen molar-refractivity contribution in [2.75, 3.05) is 0 Å². The smallest absolute Gasteiger partial charge is 0.00441 e. The molecular formula is C12H19. The Hall–Kier alpha value is -0.520. The molecule has 0 aromatic carbocycles. The van der Waals surface area contributed by atoms with Crippen LogP contribution in [0, 0.1) is 6.42 Å². The molecule has 0 aliphatic heterocycles. The Kier molecular flexibility index (Phi) is 5.70. The van der Waals surface area contributed by atoms with Crippen LogP contribution in [0.15, 0.2) is 24.3 Å². The maximum absolute atomic E-state index is 2.27. The predicted octanol–water partition coefficient (Wildman–Crippen LogP) is 4.05. The molecule has 0 atom stereocenters. The molecule has 0 aromatic heterocycles. The largest absolute Gasteiger partial charge is 0.0879 e. The molecule has 0 saturated heterocycles. The van der Waals surface area contributed by atoms with Gasteiger partial charge in [-0.3, -0.25) is 0 Å². The average molecular weight is 163 g/mol. The summed E-state index contributed by atoms with van der Waals surface area (Å²) in [7, 11) is 0. The van der Waals surface area contributed by atoms with Gasteiger partial charge in [0.05, 0.1) is 0 Å². The van der Waals surface area contributed by atoms with Crippen LogP contribution in [0.25, 0.3) is 0 Å². The van der Waals surface area contributed by atoms with Crippen molar-refractivity contribution in [1.82, 2.24) is 0 Å². The number of hydrogen-bond acceptors (Lipinski definition) is 0. The highest BCUT2D eigenvalue weighted by molar-refractivity contribution is 5.08. The van der Waals surface area contributed by atoms with Gasteiger partial charge < -0.3 is 0 Å². The zero-order valence-electron chi connectivity index (χ0n) is 7.84. The van der Waals surface area contributed by atoms with E-state index in [0.29, 0.717) is 0 Å². The van der Waals surface area contributed by atoms with Crippen LogP contribution in [-0.2, 0) is 0 Å². The second kappa shape index (κ2) is 7.15. The van der Waals surface area contributed by atoms with Gasteiger partial charge in [-0.2, -0.15) is 0 Å². The molecule has 0 fully saturated rings. The van der Waals surface area contributed by atoms with Gasteiger partial charge >= 0.3 is 0 Å². The molecule has 0 heterocycles. The molecule has 1 aliphatic carbocycles. The Labute approximate surface area is 76.4 Å². The Balaban J connectivity index is 2.20. The fraction of sp³-hybridized carbons (Fsp3) is 0.583. The van der Waals surface area contributed by atoms with Gasteiger partial charge in [0.15, 0.2) is 0 Å². The number of rotatable bonds is 0. The van der Waals surface area contributed by atoms with Crippen molar-refractivity contribution in [2.24, 2.45) is 0 Å². The first-order chi connectivity index (χ1) is 6.00. The molecule has 0 bridgehead atoms. The Bertz CT molecular complexity index is 126. The van der Waals surface area contributed by atoms with E-state index in [2.05, 4.69) is 30.7 Å². The third-order valence-electron chi connectivity index (χ3n) is 2.24. The van der Waals surface area contributed by atoms with Crippen molar-refractivity contribution >= 4 is 0 Å². The van der Waals surface area contributed by atoms with Crippen molar-refractivity contribution in [1.29, 1.82) is 0 Å². The van der Waals surface area contributed by atoms with Gasteiger partial charge in [-0.15, -0.1) is 0 Å². The van der Waals surface area contributed by atoms with E-state index in [1.807, 2.05) is 0 Å². The zero-order valence-corrected chi connectivity index (χ0v) is 7.84. The highest BCUT2D eigenvalue weighted by Gasteiger charge is 1.89.